The fourth-order valence-electron chi connectivity index (χ4n) is 2.03. The Morgan fingerprint density at radius 3 is 2.57 bits per heavy atom. The van der Waals surface area contributed by atoms with Crippen LogP contribution >= 0.6 is 0 Å². The van der Waals surface area contributed by atoms with Gasteiger partial charge in [-0.15, -0.1) is 0 Å². The van der Waals surface area contributed by atoms with Crippen LogP contribution in [0.1, 0.15) is 22.2 Å². The quantitative estimate of drug-likeness (QED) is 0.627. The summed E-state index contributed by atoms with van der Waals surface area (Å²) in [6, 6.07) is 6.83. The molecule has 0 saturated heterocycles. The van der Waals surface area contributed by atoms with Crippen molar-refractivity contribution < 1.29 is 0 Å². The molecule has 2 heteroatoms. The first kappa shape index (κ1) is 12.2. The summed E-state index contributed by atoms with van der Waals surface area (Å²) in [7, 11) is -0.563. The summed E-state index contributed by atoms with van der Waals surface area (Å²) in [4.78, 5) is 0. The van der Waals surface area contributed by atoms with E-state index < -0.39 is 8.80 Å². The number of benzene rings is 1. The Balaban J connectivity index is 0.000000980. The van der Waals surface area contributed by atoms with Crippen molar-refractivity contribution in [2.75, 3.05) is 0 Å². The molecule has 0 amide bonds. The molecule has 0 N–H and O–H groups in total. The second-order valence-electron chi connectivity index (χ2n) is 4.26. The van der Waals surface area contributed by atoms with Gasteiger partial charge in [-0.2, -0.15) is 0 Å². The van der Waals surface area contributed by atoms with Gasteiger partial charge in [0.05, 0.1) is 0 Å². The Labute approximate surface area is 110 Å². The van der Waals surface area contributed by atoms with Crippen LogP contribution in [0.5, 0.6) is 0 Å². The van der Waals surface area contributed by atoms with Crippen molar-refractivity contribution in [3.05, 3.63) is 41.0 Å². The van der Waals surface area contributed by atoms with E-state index in [0.29, 0.717) is 0 Å². The van der Waals surface area contributed by atoms with Crippen LogP contribution in [0.15, 0.2) is 24.3 Å². The second-order valence-corrected chi connectivity index (χ2v) is 7.47. The van der Waals surface area contributed by atoms with Crippen LogP contribution in [-0.4, -0.2) is 38.4 Å². The van der Waals surface area contributed by atoms with Gasteiger partial charge in [-0.1, -0.05) is 49.0 Å². The standard InChI is InChI=1S/C12H16Si.Na/c1-9-4-6-11-10(8-9)5-7-12(11)13(2)3;/h4-8,12-13H,1-3H3;. The van der Waals surface area contributed by atoms with E-state index in [9.17, 15) is 0 Å². The molecule has 1 aliphatic carbocycles. The van der Waals surface area contributed by atoms with E-state index in [-0.39, 0.29) is 29.6 Å². The molecule has 0 fully saturated rings. The minimum absolute atomic E-state index is 0. The first-order chi connectivity index (χ1) is 6.18. The third kappa shape index (κ3) is 2.22. The fourth-order valence-corrected chi connectivity index (χ4v) is 3.61. The van der Waals surface area contributed by atoms with Crippen molar-refractivity contribution in [3.8, 4) is 0 Å². The van der Waals surface area contributed by atoms with Crippen molar-refractivity contribution >= 4 is 44.4 Å². The molecule has 0 spiro atoms. The number of hydrogen-bond acceptors (Lipinski definition) is 0. The summed E-state index contributed by atoms with van der Waals surface area (Å²) >= 11 is 0. The zero-order chi connectivity index (χ0) is 9.42. The van der Waals surface area contributed by atoms with Gasteiger partial charge in [0.25, 0.3) is 0 Å². The molecular weight excluding hydrogens is 195 g/mol. The normalized spacial score (nSPS) is 18.1. The number of rotatable bonds is 1. The number of hydrogen-bond donors (Lipinski definition) is 0. The molecule has 14 heavy (non-hydrogen) atoms. The molecule has 1 unspecified atom stereocenters. The average molecular weight is 211 g/mol. The van der Waals surface area contributed by atoms with Gasteiger partial charge in [0, 0.05) is 38.4 Å². The minimum Gasteiger partial charge on any atom is -0.0795 e. The van der Waals surface area contributed by atoms with E-state index in [4.69, 9.17) is 0 Å². The molecular formula is C12H16NaSi. The van der Waals surface area contributed by atoms with Crippen LogP contribution < -0.4 is 0 Å². The van der Waals surface area contributed by atoms with Gasteiger partial charge >= 0.3 is 0 Å². The zero-order valence-electron chi connectivity index (χ0n) is 9.54. The van der Waals surface area contributed by atoms with Crippen LogP contribution in [0, 0.1) is 6.92 Å². The summed E-state index contributed by atoms with van der Waals surface area (Å²) in [5.41, 5.74) is 5.16. The van der Waals surface area contributed by atoms with Gasteiger partial charge in [-0.3, -0.25) is 0 Å². The molecule has 69 valence electrons. The maximum atomic E-state index is 2.42. The monoisotopic (exact) mass is 211 g/mol. The van der Waals surface area contributed by atoms with E-state index in [1.165, 1.54) is 11.1 Å². The summed E-state index contributed by atoms with van der Waals surface area (Å²) in [6.45, 7) is 7.00. The van der Waals surface area contributed by atoms with Crippen LogP contribution in [0.3, 0.4) is 0 Å². The van der Waals surface area contributed by atoms with Crippen molar-refractivity contribution in [1.29, 1.82) is 0 Å². The molecule has 1 atom stereocenters. The topological polar surface area (TPSA) is 0 Å². The van der Waals surface area contributed by atoms with Gasteiger partial charge in [0.2, 0.25) is 0 Å². The Hall–Kier alpha value is 0.177. The molecule has 1 aromatic carbocycles. The Morgan fingerprint density at radius 2 is 1.93 bits per heavy atom. The average Bonchev–Trinajstić information content (AvgIpc) is 2.46. The second kappa shape index (κ2) is 4.80. The van der Waals surface area contributed by atoms with Crippen molar-refractivity contribution in [1.82, 2.24) is 0 Å². The van der Waals surface area contributed by atoms with E-state index >= 15 is 0 Å². The molecule has 1 aromatic rings. The van der Waals surface area contributed by atoms with E-state index in [1.54, 1.807) is 5.56 Å². The maximum Gasteiger partial charge on any atom is 0.0436 e. The molecule has 0 bridgehead atoms. The van der Waals surface area contributed by atoms with Gasteiger partial charge in [-0.05, 0) is 23.6 Å². The van der Waals surface area contributed by atoms with E-state index in [1.807, 2.05) is 0 Å². The van der Waals surface area contributed by atoms with Gasteiger partial charge in [0.1, 0.15) is 0 Å². The third-order valence-electron chi connectivity index (χ3n) is 2.80. The molecule has 0 aromatic heterocycles. The Morgan fingerprint density at radius 1 is 1.21 bits per heavy atom. The molecule has 2 rings (SSSR count). The molecule has 0 heterocycles. The Bertz CT molecular complexity index is 355. The third-order valence-corrected chi connectivity index (χ3v) is 4.82. The molecule has 0 nitrogen and oxygen atoms in total. The summed E-state index contributed by atoms with van der Waals surface area (Å²) in [5, 5.41) is 0. The predicted octanol–water partition coefficient (Wildman–Crippen LogP) is 2.75. The van der Waals surface area contributed by atoms with Gasteiger partial charge < -0.3 is 0 Å². The van der Waals surface area contributed by atoms with Crippen LogP contribution in [-0.2, 0) is 0 Å². The molecule has 1 radical (unpaired) electrons. The molecule has 1 aliphatic rings. The largest absolute Gasteiger partial charge is 0.0795 e. The zero-order valence-corrected chi connectivity index (χ0v) is 12.7. The van der Waals surface area contributed by atoms with Gasteiger partial charge in [-0.25, -0.2) is 0 Å². The smallest absolute Gasteiger partial charge is 0.0436 e. The summed E-state index contributed by atoms with van der Waals surface area (Å²) in [6.07, 6.45) is 4.68. The first-order valence-electron chi connectivity index (χ1n) is 4.97. The number of fused-ring (bicyclic) bond motifs is 1. The van der Waals surface area contributed by atoms with Crippen molar-refractivity contribution in [3.63, 3.8) is 0 Å². The Kier molecular flexibility index (Phi) is 4.20. The number of aryl methyl sites for hydroxylation is 1. The summed E-state index contributed by atoms with van der Waals surface area (Å²) in [5.74, 6) is 0. The maximum absolute atomic E-state index is 2.42. The van der Waals surface area contributed by atoms with Crippen LogP contribution in [0.25, 0.3) is 6.08 Å². The van der Waals surface area contributed by atoms with Crippen LogP contribution in [0.4, 0.5) is 0 Å². The van der Waals surface area contributed by atoms with Crippen LogP contribution in [0.2, 0.25) is 13.1 Å². The van der Waals surface area contributed by atoms with E-state index in [0.717, 1.165) is 5.54 Å². The fraction of sp³-hybridized carbons (Fsp3) is 0.333. The predicted molar refractivity (Wildman–Crippen MR) is 67.6 cm³/mol. The first-order valence-corrected chi connectivity index (χ1v) is 7.95. The SMILES string of the molecule is Cc1ccc2c(c1)C=CC2[SiH](C)C.[Na]. The number of allylic oxidation sites excluding steroid dienone is 1. The minimum atomic E-state index is -0.563. The van der Waals surface area contributed by atoms with E-state index in [2.05, 4.69) is 50.4 Å². The molecule has 0 saturated carbocycles. The van der Waals surface area contributed by atoms with Crippen molar-refractivity contribution in [2.45, 2.75) is 25.6 Å². The van der Waals surface area contributed by atoms with Crippen molar-refractivity contribution in [2.24, 2.45) is 0 Å². The molecule has 0 aliphatic heterocycles. The van der Waals surface area contributed by atoms with Gasteiger partial charge in [0.15, 0.2) is 0 Å². The summed E-state index contributed by atoms with van der Waals surface area (Å²) < 4.78 is 0.